The molecular weight excluding hydrogens is 372 g/mol. The van der Waals surface area contributed by atoms with Crippen LogP contribution in [0.4, 0.5) is 5.13 Å². The SMILES string of the molecule is CCc1nnc(NC(=O)c2ccc(CNC(=O)CCc3ccccc3)cc2)s1. The molecule has 0 radical (unpaired) electrons. The minimum atomic E-state index is -0.225. The summed E-state index contributed by atoms with van der Waals surface area (Å²) < 4.78 is 0. The van der Waals surface area contributed by atoms with Gasteiger partial charge < -0.3 is 5.32 Å². The lowest BCUT2D eigenvalue weighted by Crippen LogP contribution is -2.23. The Kier molecular flexibility index (Phi) is 6.86. The van der Waals surface area contributed by atoms with E-state index in [4.69, 9.17) is 0 Å². The molecule has 0 fully saturated rings. The number of aryl methyl sites for hydroxylation is 2. The lowest BCUT2D eigenvalue weighted by Gasteiger charge is -2.07. The van der Waals surface area contributed by atoms with E-state index in [-0.39, 0.29) is 11.8 Å². The van der Waals surface area contributed by atoms with Crippen LogP contribution in [-0.4, -0.2) is 22.0 Å². The molecule has 6 nitrogen and oxygen atoms in total. The Balaban J connectivity index is 1.45. The van der Waals surface area contributed by atoms with Crippen molar-refractivity contribution in [1.82, 2.24) is 15.5 Å². The summed E-state index contributed by atoms with van der Waals surface area (Å²) in [5.74, 6) is -0.217. The molecule has 0 saturated heterocycles. The molecule has 0 aliphatic heterocycles. The second-order valence-electron chi connectivity index (χ2n) is 6.27. The number of benzene rings is 2. The molecule has 0 aliphatic rings. The average Bonchev–Trinajstić information content (AvgIpc) is 3.19. The number of aromatic nitrogens is 2. The van der Waals surface area contributed by atoms with Crippen LogP contribution in [0.5, 0.6) is 0 Å². The van der Waals surface area contributed by atoms with E-state index in [1.165, 1.54) is 11.3 Å². The van der Waals surface area contributed by atoms with Gasteiger partial charge in [0.25, 0.3) is 5.91 Å². The predicted octanol–water partition coefficient (Wildman–Crippen LogP) is 3.60. The maximum atomic E-state index is 12.3. The Labute approximate surface area is 168 Å². The van der Waals surface area contributed by atoms with Crippen LogP contribution in [0.3, 0.4) is 0 Å². The van der Waals surface area contributed by atoms with Crippen LogP contribution >= 0.6 is 11.3 Å². The van der Waals surface area contributed by atoms with Crippen molar-refractivity contribution >= 4 is 28.3 Å². The molecule has 0 spiro atoms. The number of rotatable bonds is 8. The van der Waals surface area contributed by atoms with E-state index in [1.54, 1.807) is 12.1 Å². The van der Waals surface area contributed by atoms with Crippen molar-refractivity contribution in [3.63, 3.8) is 0 Å². The number of nitrogens with zero attached hydrogens (tertiary/aromatic N) is 2. The van der Waals surface area contributed by atoms with Crippen molar-refractivity contribution in [2.24, 2.45) is 0 Å². The van der Waals surface area contributed by atoms with Crippen molar-refractivity contribution in [1.29, 1.82) is 0 Å². The van der Waals surface area contributed by atoms with Gasteiger partial charge in [-0.25, -0.2) is 0 Å². The Morgan fingerprint density at radius 3 is 2.39 bits per heavy atom. The average molecular weight is 395 g/mol. The molecule has 0 bridgehead atoms. The van der Waals surface area contributed by atoms with E-state index in [2.05, 4.69) is 20.8 Å². The Morgan fingerprint density at radius 1 is 0.964 bits per heavy atom. The largest absolute Gasteiger partial charge is 0.352 e. The van der Waals surface area contributed by atoms with Crippen molar-refractivity contribution in [2.45, 2.75) is 32.7 Å². The molecule has 3 aromatic rings. The van der Waals surface area contributed by atoms with Crippen LogP contribution < -0.4 is 10.6 Å². The van der Waals surface area contributed by atoms with E-state index in [0.717, 1.165) is 29.0 Å². The summed E-state index contributed by atoms with van der Waals surface area (Å²) in [7, 11) is 0. The quantitative estimate of drug-likeness (QED) is 0.611. The van der Waals surface area contributed by atoms with Gasteiger partial charge in [0.1, 0.15) is 5.01 Å². The molecule has 1 heterocycles. The van der Waals surface area contributed by atoms with E-state index in [0.29, 0.717) is 23.7 Å². The van der Waals surface area contributed by atoms with Gasteiger partial charge in [0, 0.05) is 18.5 Å². The van der Waals surface area contributed by atoms with Crippen molar-refractivity contribution < 1.29 is 9.59 Å². The fourth-order valence-corrected chi connectivity index (χ4v) is 3.26. The standard InChI is InChI=1S/C21H22N4O2S/c1-2-19-24-25-21(28-19)23-20(27)17-11-8-16(9-12-17)14-22-18(26)13-10-15-6-4-3-5-7-15/h3-9,11-12H,2,10,13-14H2,1H3,(H,22,26)(H,23,25,27). The first-order chi connectivity index (χ1) is 13.6. The number of hydrogen-bond acceptors (Lipinski definition) is 5. The van der Waals surface area contributed by atoms with Gasteiger partial charge in [0.05, 0.1) is 0 Å². The summed E-state index contributed by atoms with van der Waals surface area (Å²) in [5, 5.41) is 15.0. The number of hydrogen-bond donors (Lipinski definition) is 2. The third-order valence-electron chi connectivity index (χ3n) is 4.18. The summed E-state index contributed by atoms with van der Waals surface area (Å²) >= 11 is 1.37. The zero-order valence-corrected chi connectivity index (χ0v) is 16.5. The monoisotopic (exact) mass is 394 g/mol. The second-order valence-corrected chi connectivity index (χ2v) is 7.33. The molecule has 144 valence electrons. The summed E-state index contributed by atoms with van der Waals surface area (Å²) in [6, 6.07) is 17.1. The predicted molar refractivity (Wildman–Crippen MR) is 110 cm³/mol. The fraction of sp³-hybridized carbons (Fsp3) is 0.238. The molecule has 2 aromatic carbocycles. The zero-order valence-electron chi connectivity index (χ0n) is 15.6. The maximum absolute atomic E-state index is 12.3. The van der Waals surface area contributed by atoms with E-state index in [1.807, 2.05) is 49.4 Å². The normalized spacial score (nSPS) is 10.5. The van der Waals surface area contributed by atoms with Crippen LogP contribution in [0.1, 0.15) is 39.8 Å². The Bertz CT molecular complexity index is 923. The van der Waals surface area contributed by atoms with Gasteiger partial charge in [-0.3, -0.25) is 14.9 Å². The minimum Gasteiger partial charge on any atom is -0.352 e. The highest BCUT2D eigenvalue weighted by atomic mass is 32.1. The first-order valence-corrected chi connectivity index (χ1v) is 9.99. The summed E-state index contributed by atoms with van der Waals surface area (Å²) in [4.78, 5) is 24.3. The molecule has 7 heteroatoms. The summed E-state index contributed by atoms with van der Waals surface area (Å²) in [6.45, 7) is 2.43. The van der Waals surface area contributed by atoms with Crippen LogP contribution in [0, 0.1) is 0 Å². The first-order valence-electron chi connectivity index (χ1n) is 9.17. The fourth-order valence-electron chi connectivity index (χ4n) is 2.58. The van der Waals surface area contributed by atoms with Crippen molar-refractivity contribution in [2.75, 3.05) is 5.32 Å². The Hall–Kier alpha value is -3.06. The molecule has 28 heavy (non-hydrogen) atoms. The van der Waals surface area contributed by atoms with Gasteiger partial charge in [-0.2, -0.15) is 0 Å². The molecular formula is C21H22N4O2S. The lowest BCUT2D eigenvalue weighted by molar-refractivity contribution is -0.121. The van der Waals surface area contributed by atoms with Crippen molar-refractivity contribution in [3.05, 3.63) is 76.3 Å². The molecule has 0 saturated carbocycles. The minimum absolute atomic E-state index is 0.00803. The van der Waals surface area contributed by atoms with Gasteiger partial charge in [0.15, 0.2) is 0 Å². The molecule has 3 rings (SSSR count). The van der Waals surface area contributed by atoms with E-state index < -0.39 is 0 Å². The number of carbonyl (C=O) groups is 2. The molecule has 0 unspecified atom stereocenters. The number of amides is 2. The van der Waals surface area contributed by atoms with E-state index >= 15 is 0 Å². The van der Waals surface area contributed by atoms with Crippen LogP contribution in [-0.2, 0) is 24.2 Å². The van der Waals surface area contributed by atoms with Crippen LogP contribution in [0.15, 0.2) is 54.6 Å². The molecule has 2 amide bonds. The number of carbonyl (C=O) groups excluding carboxylic acids is 2. The van der Waals surface area contributed by atoms with Gasteiger partial charge in [0.2, 0.25) is 11.0 Å². The van der Waals surface area contributed by atoms with Gasteiger partial charge in [-0.05, 0) is 36.1 Å². The summed E-state index contributed by atoms with van der Waals surface area (Å²) in [6.07, 6.45) is 1.96. The van der Waals surface area contributed by atoms with Gasteiger partial charge >= 0.3 is 0 Å². The molecule has 1 aromatic heterocycles. The zero-order chi connectivity index (χ0) is 19.8. The molecule has 0 aliphatic carbocycles. The van der Waals surface area contributed by atoms with Gasteiger partial charge in [-0.1, -0.05) is 60.7 Å². The summed E-state index contributed by atoms with van der Waals surface area (Å²) in [5.41, 5.74) is 2.62. The highest BCUT2D eigenvalue weighted by molar-refractivity contribution is 7.15. The highest BCUT2D eigenvalue weighted by Gasteiger charge is 2.10. The molecule has 0 atom stereocenters. The number of nitrogens with one attached hydrogen (secondary N) is 2. The van der Waals surface area contributed by atoms with Crippen LogP contribution in [0.2, 0.25) is 0 Å². The van der Waals surface area contributed by atoms with Gasteiger partial charge in [-0.15, -0.1) is 10.2 Å². The van der Waals surface area contributed by atoms with E-state index in [9.17, 15) is 9.59 Å². The third-order valence-corrected chi connectivity index (χ3v) is 5.16. The smallest absolute Gasteiger partial charge is 0.257 e. The highest BCUT2D eigenvalue weighted by Crippen LogP contribution is 2.16. The lowest BCUT2D eigenvalue weighted by atomic mass is 10.1. The van der Waals surface area contributed by atoms with Crippen LogP contribution in [0.25, 0.3) is 0 Å². The molecule has 2 N–H and O–H groups in total. The van der Waals surface area contributed by atoms with Crippen molar-refractivity contribution in [3.8, 4) is 0 Å². The topological polar surface area (TPSA) is 84.0 Å². The first kappa shape index (κ1) is 19.7. The maximum Gasteiger partial charge on any atom is 0.257 e. The third kappa shape index (κ3) is 5.72. The Morgan fingerprint density at radius 2 is 1.71 bits per heavy atom. The second kappa shape index (κ2) is 9.75. The number of anilines is 1.